The van der Waals surface area contributed by atoms with Crippen LogP contribution in [-0.4, -0.2) is 44.2 Å². The van der Waals surface area contributed by atoms with Crippen LogP contribution in [0.3, 0.4) is 0 Å². The van der Waals surface area contributed by atoms with Crippen LogP contribution in [0, 0.1) is 11.3 Å². The molecule has 2 aromatic heterocycles. The molecule has 0 aromatic carbocycles. The molecule has 5 atom stereocenters. The van der Waals surface area contributed by atoms with Crippen molar-refractivity contribution in [3.8, 4) is 0 Å². The number of hydrogen-bond acceptors (Lipinski definition) is 5. The van der Waals surface area contributed by atoms with Crippen LogP contribution in [0.2, 0.25) is 5.15 Å². The van der Waals surface area contributed by atoms with Gasteiger partial charge in [0.25, 0.3) is 0 Å². The largest absolute Gasteiger partial charge is 0.395 e. The van der Waals surface area contributed by atoms with Crippen molar-refractivity contribution < 1.29 is 14.6 Å². The minimum absolute atomic E-state index is 0.00242. The Morgan fingerprint density at radius 1 is 1.33 bits per heavy atom. The fourth-order valence-electron chi connectivity index (χ4n) is 4.59. The highest BCUT2D eigenvalue weighted by Crippen LogP contribution is 2.62. The summed E-state index contributed by atoms with van der Waals surface area (Å²) in [6.07, 6.45) is 7.31. The van der Waals surface area contributed by atoms with Crippen LogP contribution in [0.4, 0.5) is 0 Å². The van der Waals surface area contributed by atoms with E-state index in [0.29, 0.717) is 5.15 Å². The Morgan fingerprint density at radius 2 is 2.17 bits per heavy atom. The van der Waals surface area contributed by atoms with Crippen molar-refractivity contribution in [2.45, 2.75) is 37.9 Å². The molecule has 0 bridgehead atoms. The SMILES string of the molecule is CC1(C)O[C@H]2[C@H](n3ccc4c(Cl)ncnc43)[C@H]3C=C[C@@]3(CO)[C@H]2O1. The number of aromatic nitrogens is 3. The molecule has 0 spiro atoms. The quantitative estimate of drug-likeness (QED) is 0.667. The van der Waals surface area contributed by atoms with Crippen LogP contribution in [0.25, 0.3) is 11.0 Å². The predicted molar refractivity (Wildman–Crippen MR) is 87.5 cm³/mol. The van der Waals surface area contributed by atoms with Crippen molar-refractivity contribution >= 4 is 22.6 Å². The van der Waals surface area contributed by atoms with Gasteiger partial charge in [0.1, 0.15) is 29.3 Å². The smallest absolute Gasteiger partial charge is 0.163 e. The summed E-state index contributed by atoms with van der Waals surface area (Å²) < 4.78 is 14.5. The number of halogens is 1. The van der Waals surface area contributed by atoms with E-state index in [9.17, 15) is 5.11 Å². The zero-order valence-electron chi connectivity index (χ0n) is 13.4. The minimum atomic E-state index is -0.667. The molecule has 7 heteroatoms. The highest BCUT2D eigenvalue weighted by atomic mass is 35.5. The second kappa shape index (κ2) is 4.58. The first-order valence-electron chi connectivity index (χ1n) is 8.10. The molecular weight excluding hydrogens is 330 g/mol. The predicted octanol–water partition coefficient (Wildman–Crippen LogP) is 2.32. The molecule has 2 aromatic rings. The summed E-state index contributed by atoms with van der Waals surface area (Å²) in [5, 5.41) is 11.4. The lowest BCUT2D eigenvalue weighted by atomic mass is 9.67. The first-order valence-corrected chi connectivity index (χ1v) is 8.47. The van der Waals surface area contributed by atoms with E-state index in [4.69, 9.17) is 21.1 Å². The molecule has 1 saturated carbocycles. The zero-order chi connectivity index (χ0) is 16.7. The normalized spacial score (nSPS) is 39.0. The maximum absolute atomic E-state index is 10.1. The van der Waals surface area contributed by atoms with Gasteiger partial charge in [0.05, 0.1) is 18.0 Å². The maximum Gasteiger partial charge on any atom is 0.163 e. The standard InChI is InChI=1S/C17H18ClN3O3/c1-16(2)23-12-11(10-3-5-17(10,7-22)13(12)24-16)21-6-4-9-14(18)19-8-20-15(9)21/h3-6,8,10-13,22H,7H2,1-2H3/t10-,11-,12+,13+,17+/m1/s1. The molecule has 126 valence electrons. The van der Waals surface area contributed by atoms with Crippen molar-refractivity contribution in [1.82, 2.24) is 14.5 Å². The Bertz CT molecular complexity index is 864. The molecule has 0 radical (unpaired) electrons. The van der Waals surface area contributed by atoms with Crippen LogP contribution < -0.4 is 0 Å². The number of nitrogens with zero attached hydrogens (tertiary/aromatic N) is 3. The van der Waals surface area contributed by atoms with Gasteiger partial charge in [-0.25, -0.2) is 9.97 Å². The number of allylic oxidation sites excluding steroid dienone is 1. The van der Waals surface area contributed by atoms with Gasteiger partial charge in [-0.3, -0.25) is 0 Å². The maximum atomic E-state index is 10.1. The fraction of sp³-hybridized carbons (Fsp3) is 0.529. The van der Waals surface area contributed by atoms with Gasteiger partial charge in [0, 0.05) is 17.5 Å². The number of fused-ring (bicyclic) bond motifs is 4. The number of rotatable bonds is 2. The lowest BCUT2D eigenvalue weighted by molar-refractivity contribution is -0.175. The number of ether oxygens (including phenoxy) is 2. The van der Waals surface area contributed by atoms with Gasteiger partial charge < -0.3 is 19.1 Å². The molecule has 1 N–H and O–H groups in total. The summed E-state index contributed by atoms with van der Waals surface area (Å²) in [6, 6.07) is 1.92. The third kappa shape index (κ3) is 1.67. The molecule has 3 aliphatic rings. The summed E-state index contributed by atoms with van der Waals surface area (Å²) in [5.74, 6) is -0.530. The van der Waals surface area contributed by atoms with Crippen LogP contribution in [0.15, 0.2) is 30.7 Å². The van der Waals surface area contributed by atoms with E-state index >= 15 is 0 Å². The third-order valence-electron chi connectivity index (χ3n) is 5.65. The number of aliphatic hydroxyl groups is 1. The minimum Gasteiger partial charge on any atom is -0.395 e. The molecule has 0 unspecified atom stereocenters. The van der Waals surface area contributed by atoms with E-state index in [1.807, 2.05) is 26.1 Å². The topological polar surface area (TPSA) is 69.4 Å². The highest BCUT2D eigenvalue weighted by molar-refractivity contribution is 6.33. The lowest BCUT2D eigenvalue weighted by Gasteiger charge is -2.42. The Hall–Kier alpha value is -1.47. The van der Waals surface area contributed by atoms with E-state index in [2.05, 4.69) is 26.7 Å². The molecule has 2 aliphatic carbocycles. The molecular formula is C17H18ClN3O3. The van der Waals surface area contributed by atoms with Gasteiger partial charge >= 0.3 is 0 Å². The van der Waals surface area contributed by atoms with Crippen molar-refractivity contribution in [3.05, 3.63) is 35.9 Å². The van der Waals surface area contributed by atoms with Crippen LogP contribution in [0.5, 0.6) is 0 Å². The monoisotopic (exact) mass is 347 g/mol. The van der Waals surface area contributed by atoms with Crippen LogP contribution in [-0.2, 0) is 9.47 Å². The second-order valence-electron chi connectivity index (χ2n) is 7.29. The second-order valence-corrected chi connectivity index (χ2v) is 7.65. The zero-order valence-corrected chi connectivity index (χ0v) is 14.1. The number of hydrogen-bond donors (Lipinski definition) is 1. The molecule has 24 heavy (non-hydrogen) atoms. The summed E-state index contributed by atoms with van der Waals surface area (Å²) in [5.41, 5.74) is 0.386. The molecule has 2 fully saturated rings. The summed E-state index contributed by atoms with van der Waals surface area (Å²) in [6.45, 7) is 3.87. The molecule has 1 saturated heterocycles. The van der Waals surface area contributed by atoms with Gasteiger partial charge in [0.15, 0.2) is 5.79 Å². The average Bonchev–Trinajstić information content (AvgIpc) is 3.10. The molecule has 6 nitrogen and oxygen atoms in total. The molecule has 3 heterocycles. The number of aliphatic hydroxyl groups excluding tert-OH is 1. The van der Waals surface area contributed by atoms with Gasteiger partial charge in [-0.05, 0) is 19.9 Å². The first-order chi connectivity index (χ1) is 11.5. The Morgan fingerprint density at radius 3 is 2.88 bits per heavy atom. The Kier molecular flexibility index (Phi) is 2.83. The average molecular weight is 348 g/mol. The Balaban J connectivity index is 1.67. The van der Waals surface area contributed by atoms with E-state index in [1.54, 1.807) is 0 Å². The summed E-state index contributed by atoms with van der Waals surface area (Å²) in [7, 11) is 0. The van der Waals surface area contributed by atoms with Crippen LogP contribution >= 0.6 is 11.6 Å². The van der Waals surface area contributed by atoms with E-state index in [1.165, 1.54) is 6.33 Å². The molecule has 5 rings (SSSR count). The van der Waals surface area contributed by atoms with Crippen molar-refractivity contribution in [3.63, 3.8) is 0 Å². The molecule has 0 amide bonds. The van der Waals surface area contributed by atoms with Crippen molar-refractivity contribution in [2.75, 3.05) is 6.61 Å². The van der Waals surface area contributed by atoms with E-state index in [-0.39, 0.29) is 30.8 Å². The van der Waals surface area contributed by atoms with Crippen molar-refractivity contribution in [1.29, 1.82) is 0 Å². The van der Waals surface area contributed by atoms with E-state index in [0.717, 1.165) is 11.0 Å². The lowest BCUT2D eigenvalue weighted by Crippen LogP contribution is -2.45. The first kappa shape index (κ1) is 14.8. The molecule has 1 aliphatic heterocycles. The highest BCUT2D eigenvalue weighted by Gasteiger charge is 2.68. The van der Waals surface area contributed by atoms with E-state index < -0.39 is 11.2 Å². The van der Waals surface area contributed by atoms with Crippen molar-refractivity contribution in [2.24, 2.45) is 11.3 Å². The summed E-state index contributed by atoms with van der Waals surface area (Å²) in [4.78, 5) is 8.46. The Labute approximate surface area is 144 Å². The van der Waals surface area contributed by atoms with Crippen LogP contribution in [0.1, 0.15) is 19.9 Å². The van der Waals surface area contributed by atoms with Gasteiger partial charge in [0.2, 0.25) is 0 Å². The van der Waals surface area contributed by atoms with Gasteiger partial charge in [-0.15, -0.1) is 0 Å². The van der Waals surface area contributed by atoms with Gasteiger partial charge in [-0.2, -0.15) is 0 Å². The fourth-order valence-corrected chi connectivity index (χ4v) is 4.78. The third-order valence-corrected chi connectivity index (χ3v) is 5.95. The van der Waals surface area contributed by atoms with Gasteiger partial charge in [-0.1, -0.05) is 23.8 Å². The summed E-state index contributed by atoms with van der Waals surface area (Å²) >= 11 is 6.19.